The number of carbonyl (C=O) groups is 4. The van der Waals surface area contributed by atoms with Crippen LogP contribution in [0.4, 0.5) is 4.79 Å². The summed E-state index contributed by atoms with van der Waals surface area (Å²) >= 11 is 0. The molecule has 2 atom stereocenters. The Bertz CT molecular complexity index is 942. The smallest absolute Gasteiger partial charge is 0.326 e. The van der Waals surface area contributed by atoms with Crippen LogP contribution < -0.4 is 14.8 Å². The molecule has 9 nitrogen and oxygen atoms in total. The summed E-state index contributed by atoms with van der Waals surface area (Å²) in [6, 6.07) is 4.05. The van der Waals surface area contributed by atoms with Gasteiger partial charge >= 0.3 is 12.0 Å². The van der Waals surface area contributed by atoms with Gasteiger partial charge in [0.25, 0.3) is 5.91 Å². The average Bonchev–Trinajstić information content (AvgIpc) is 2.93. The molecule has 3 amide bonds. The highest BCUT2D eigenvalue weighted by atomic mass is 16.5. The third-order valence-electron chi connectivity index (χ3n) is 5.98. The first-order chi connectivity index (χ1) is 15.0. The topological polar surface area (TPSA) is 111 Å². The van der Waals surface area contributed by atoms with E-state index in [2.05, 4.69) is 26.1 Å². The van der Waals surface area contributed by atoms with E-state index in [1.54, 1.807) is 12.1 Å². The Kier molecular flexibility index (Phi) is 6.48. The third kappa shape index (κ3) is 4.71. The summed E-state index contributed by atoms with van der Waals surface area (Å²) in [4.78, 5) is 51.3. The monoisotopic (exact) mass is 446 g/mol. The summed E-state index contributed by atoms with van der Waals surface area (Å²) in [6.07, 6.45) is 2.00. The molecule has 2 aliphatic rings. The lowest BCUT2D eigenvalue weighted by atomic mass is 9.64. The Labute approximate surface area is 187 Å². The van der Waals surface area contributed by atoms with E-state index < -0.39 is 42.4 Å². The molecule has 3 rings (SSSR count). The van der Waals surface area contributed by atoms with Crippen molar-refractivity contribution < 1.29 is 33.4 Å². The number of benzene rings is 1. The van der Waals surface area contributed by atoms with Gasteiger partial charge in [0, 0.05) is 6.07 Å². The van der Waals surface area contributed by atoms with Crippen molar-refractivity contribution in [3.05, 3.63) is 23.8 Å². The van der Waals surface area contributed by atoms with Gasteiger partial charge in [-0.2, -0.15) is 0 Å². The molecule has 0 radical (unpaired) electrons. The van der Waals surface area contributed by atoms with E-state index in [1.165, 1.54) is 20.3 Å². The van der Waals surface area contributed by atoms with Crippen LogP contribution in [0.15, 0.2) is 18.2 Å². The maximum Gasteiger partial charge on any atom is 0.326 e. The Morgan fingerprint density at radius 3 is 2.50 bits per heavy atom. The molecule has 1 saturated heterocycles. The summed E-state index contributed by atoms with van der Waals surface area (Å²) in [5.41, 5.74) is -0.875. The Hall–Kier alpha value is -3.10. The fourth-order valence-electron chi connectivity index (χ4n) is 5.08. The Morgan fingerprint density at radius 2 is 1.88 bits per heavy atom. The van der Waals surface area contributed by atoms with Crippen molar-refractivity contribution in [2.75, 3.05) is 27.4 Å². The molecule has 0 aromatic heterocycles. The van der Waals surface area contributed by atoms with Crippen LogP contribution in [0.1, 0.15) is 50.4 Å². The molecule has 1 spiro atoms. The van der Waals surface area contributed by atoms with Crippen LogP contribution in [-0.2, 0) is 14.3 Å². The van der Waals surface area contributed by atoms with E-state index >= 15 is 0 Å². The maximum atomic E-state index is 13.1. The molecule has 1 aliphatic heterocycles. The number of ketones is 1. The van der Waals surface area contributed by atoms with Gasteiger partial charge in [0.1, 0.15) is 23.6 Å². The second-order valence-electron chi connectivity index (χ2n) is 9.41. The van der Waals surface area contributed by atoms with Crippen LogP contribution >= 0.6 is 0 Å². The van der Waals surface area contributed by atoms with Crippen LogP contribution in [0.5, 0.6) is 11.5 Å². The largest absolute Gasteiger partial charge is 0.497 e. The SMILES string of the molecule is COc1ccc(C(=O)COC(=O)CN2C(=O)N[C@]3(C[C@@H](C)CC(C)(C)C3)C2=O)c(OC)c1. The van der Waals surface area contributed by atoms with Gasteiger partial charge < -0.3 is 19.5 Å². The highest BCUT2D eigenvalue weighted by Crippen LogP contribution is 2.46. The van der Waals surface area contributed by atoms with E-state index in [0.717, 1.165) is 11.3 Å². The summed E-state index contributed by atoms with van der Waals surface area (Å²) in [7, 11) is 2.91. The van der Waals surface area contributed by atoms with Gasteiger partial charge in [-0.25, -0.2) is 4.79 Å². The molecule has 1 aliphatic carbocycles. The predicted octanol–water partition coefficient (Wildman–Crippen LogP) is 2.57. The van der Waals surface area contributed by atoms with Gasteiger partial charge in [-0.3, -0.25) is 19.3 Å². The highest BCUT2D eigenvalue weighted by Gasteiger charge is 2.56. The fraction of sp³-hybridized carbons (Fsp3) is 0.565. The molecule has 1 aromatic rings. The fourth-order valence-corrected chi connectivity index (χ4v) is 5.08. The van der Waals surface area contributed by atoms with Crippen molar-refractivity contribution in [3.8, 4) is 11.5 Å². The van der Waals surface area contributed by atoms with Crippen molar-refractivity contribution in [1.29, 1.82) is 0 Å². The molecule has 9 heteroatoms. The zero-order valence-electron chi connectivity index (χ0n) is 19.1. The van der Waals surface area contributed by atoms with E-state index in [1.807, 2.05) is 0 Å². The molecule has 1 heterocycles. The Morgan fingerprint density at radius 1 is 1.16 bits per heavy atom. The summed E-state index contributed by atoms with van der Waals surface area (Å²) in [5.74, 6) is -0.670. The van der Waals surface area contributed by atoms with Gasteiger partial charge in [0.2, 0.25) is 5.78 Å². The number of esters is 1. The lowest BCUT2D eigenvalue weighted by Crippen LogP contribution is -2.54. The summed E-state index contributed by atoms with van der Waals surface area (Å²) < 4.78 is 15.4. The lowest BCUT2D eigenvalue weighted by molar-refractivity contribution is -0.147. The van der Waals surface area contributed by atoms with Crippen molar-refractivity contribution in [2.24, 2.45) is 11.3 Å². The van der Waals surface area contributed by atoms with Crippen molar-refractivity contribution >= 4 is 23.7 Å². The van der Waals surface area contributed by atoms with Crippen LogP contribution in [0.3, 0.4) is 0 Å². The maximum absolute atomic E-state index is 13.1. The van der Waals surface area contributed by atoms with Crippen molar-refractivity contribution in [2.45, 2.75) is 45.6 Å². The summed E-state index contributed by atoms with van der Waals surface area (Å²) in [6.45, 7) is 5.10. The zero-order valence-corrected chi connectivity index (χ0v) is 19.1. The molecule has 1 aromatic carbocycles. The summed E-state index contributed by atoms with van der Waals surface area (Å²) in [5, 5.41) is 2.81. The lowest BCUT2D eigenvalue weighted by Gasteiger charge is -2.43. The number of ether oxygens (including phenoxy) is 3. The Balaban J connectivity index is 1.62. The molecule has 32 heavy (non-hydrogen) atoms. The number of nitrogens with zero attached hydrogens (tertiary/aromatic N) is 1. The second-order valence-corrected chi connectivity index (χ2v) is 9.41. The van der Waals surface area contributed by atoms with Gasteiger partial charge in [-0.1, -0.05) is 20.8 Å². The molecule has 0 unspecified atom stereocenters. The van der Waals surface area contributed by atoms with Gasteiger partial charge in [0.15, 0.2) is 6.61 Å². The van der Waals surface area contributed by atoms with Crippen LogP contribution in [0.25, 0.3) is 0 Å². The number of amides is 3. The minimum atomic E-state index is -0.995. The number of nitrogens with one attached hydrogen (secondary N) is 1. The molecule has 0 bridgehead atoms. The molecule has 1 N–H and O–H groups in total. The molecule has 1 saturated carbocycles. The first kappa shape index (κ1) is 23.6. The van der Waals surface area contributed by atoms with Gasteiger partial charge in [-0.15, -0.1) is 0 Å². The van der Waals surface area contributed by atoms with Crippen LogP contribution in [0.2, 0.25) is 0 Å². The average molecular weight is 447 g/mol. The van der Waals surface area contributed by atoms with Crippen molar-refractivity contribution in [1.82, 2.24) is 10.2 Å². The minimum Gasteiger partial charge on any atom is -0.497 e. The standard InChI is InChI=1S/C23H30N2O7/c1-14-9-22(2,3)13-23(10-14)20(28)25(21(29)24-23)11-19(27)32-12-17(26)16-7-6-15(30-4)8-18(16)31-5/h6-8,14H,9-13H2,1-5H3,(H,24,29)/t14-,23-/m0/s1. The normalized spacial score (nSPS) is 24.3. The molecular formula is C23H30N2O7. The zero-order chi connectivity index (χ0) is 23.7. The van der Waals surface area contributed by atoms with Crippen LogP contribution in [-0.4, -0.2) is 61.5 Å². The van der Waals surface area contributed by atoms with E-state index in [9.17, 15) is 19.2 Å². The quantitative estimate of drug-likeness (QED) is 0.389. The van der Waals surface area contributed by atoms with Gasteiger partial charge in [0.05, 0.1) is 19.8 Å². The highest BCUT2D eigenvalue weighted by molar-refractivity contribution is 6.09. The molecule has 174 valence electrons. The van der Waals surface area contributed by atoms with E-state index in [4.69, 9.17) is 14.2 Å². The van der Waals surface area contributed by atoms with E-state index in [-0.39, 0.29) is 22.6 Å². The molecule has 2 fully saturated rings. The number of hydrogen-bond donors (Lipinski definition) is 1. The van der Waals surface area contributed by atoms with Crippen LogP contribution in [0, 0.1) is 11.3 Å². The van der Waals surface area contributed by atoms with E-state index in [0.29, 0.717) is 18.6 Å². The number of methoxy groups -OCH3 is 2. The number of carbonyl (C=O) groups excluding carboxylic acids is 4. The minimum absolute atomic E-state index is 0.110. The number of urea groups is 1. The second kappa shape index (κ2) is 8.80. The number of rotatable bonds is 7. The van der Waals surface area contributed by atoms with Crippen molar-refractivity contribution in [3.63, 3.8) is 0 Å². The number of imide groups is 1. The first-order valence-corrected chi connectivity index (χ1v) is 10.6. The molecular weight excluding hydrogens is 416 g/mol. The predicted molar refractivity (Wildman–Crippen MR) is 115 cm³/mol. The third-order valence-corrected chi connectivity index (χ3v) is 5.98. The van der Waals surface area contributed by atoms with Gasteiger partial charge in [-0.05, 0) is 42.7 Å². The number of Topliss-reactive ketones (excluding diaryl/α,β-unsaturated/α-hetero) is 1. The first-order valence-electron chi connectivity index (χ1n) is 10.6. The number of hydrogen-bond acceptors (Lipinski definition) is 7.